The van der Waals surface area contributed by atoms with Gasteiger partial charge in [0.25, 0.3) is 0 Å². The Morgan fingerprint density at radius 2 is 2.06 bits per heavy atom. The Morgan fingerprint density at radius 3 is 2.69 bits per heavy atom. The predicted octanol–water partition coefficient (Wildman–Crippen LogP) is 2.01. The summed E-state index contributed by atoms with van der Waals surface area (Å²) in [6, 6.07) is 1.24. The lowest BCUT2D eigenvalue weighted by atomic mass is 9.98. The van der Waals surface area contributed by atoms with E-state index >= 15 is 0 Å². The largest absolute Gasteiger partial charge is 0.362 e. The van der Waals surface area contributed by atoms with Crippen LogP contribution >= 0.6 is 12.4 Å². The molecular weight excluding hydrogens is 224 g/mol. The van der Waals surface area contributed by atoms with Gasteiger partial charge in [-0.25, -0.2) is 0 Å². The van der Waals surface area contributed by atoms with Crippen LogP contribution in [0.15, 0.2) is 0 Å². The number of hydrogen-bond acceptors (Lipinski definition) is 3. The van der Waals surface area contributed by atoms with E-state index in [1.54, 1.807) is 0 Å². The number of hydrogen-bond donors (Lipinski definition) is 1. The first kappa shape index (κ1) is 14.2. The molecule has 1 N–H and O–H groups in total. The minimum atomic E-state index is 0. The summed E-state index contributed by atoms with van der Waals surface area (Å²) in [7, 11) is 0. The summed E-state index contributed by atoms with van der Waals surface area (Å²) >= 11 is 0. The fourth-order valence-electron chi connectivity index (χ4n) is 2.78. The molecule has 2 unspecified atom stereocenters. The molecule has 2 fully saturated rings. The molecule has 0 spiro atoms. The third kappa shape index (κ3) is 3.33. The van der Waals surface area contributed by atoms with Crippen molar-refractivity contribution in [1.29, 1.82) is 0 Å². The van der Waals surface area contributed by atoms with Crippen molar-refractivity contribution in [3.8, 4) is 0 Å². The highest BCUT2D eigenvalue weighted by atomic mass is 35.5. The van der Waals surface area contributed by atoms with Crippen LogP contribution in [0.3, 0.4) is 0 Å². The van der Waals surface area contributed by atoms with Crippen LogP contribution < -0.4 is 5.32 Å². The molecule has 2 saturated heterocycles. The summed E-state index contributed by atoms with van der Waals surface area (Å²) in [5.41, 5.74) is 0. The first-order valence-corrected chi connectivity index (χ1v) is 6.40. The van der Waals surface area contributed by atoms with Gasteiger partial charge in [0.05, 0.1) is 0 Å². The molecule has 0 bridgehead atoms. The molecule has 0 aromatic heterocycles. The van der Waals surface area contributed by atoms with E-state index in [-0.39, 0.29) is 18.6 Å². The van der Waals surface area contributed by atoms with Crippen molar-refractivity contribution < 1.29 is 4.74 Å². The number of rotatable bonds is 2. The third-order valence-corrected chi connectivity index (χ3v) is 3.57. The average Bonchev–Trinajstić information content (AvgIpc) is 2.30. The first-order valence-electron chi connectivity index (χ1n) is 6.40. The standard InChI is InChI=1S/C12H24N2O.ClH/c1-10(2)14-8-4-3-6-11(14)12-13-7-5-9-15-12;/h10-13H,3-9H2,1-2H3;1H. The number of piperidine rings is 1. The zero-order valence-electron chi connectivity index (χ0n) is 10.4. The van der Waals surface area contributed by atoms with E-state index in [0.29, 0.717) is 12.1 Å². The SMILES string of the molecule is CC(C)N1CCCCC1C1NCCCO1.Cl. The average molecular weight is 249 g/mol. The van der Waals surface area contributed by atoms with Gasteiger partial charge in [0.2, 0.25) is 0 Å². The summed E-state index contributed by atoms with van der Waals surface area (Å²) in [6.45, 7) is 7.87. The van der Waals surface area contributed by atoms with E-state index in [1.165, 1.54) is 25.8 Å². The van der Waals surface area contributed by atoms with Gasteiger partial charge >= 0.3 is 0 Å². The Balaban J connectivity index is 0.00000128. The number of likely N-dealkylation sites (tertiary alicyclic amines) is 1. The number of ether oxygens (including phenoxy) is 1. The Kier molecular flexibility index (Phi) is 6.05. The molecule has 0 aromatic carbocycles. The second-order valence-electron chi connectivity index (χ2n) is 4.99. The maximum atomic E-state index is 5.85. The van der Waals surface area contributed by atoms with Crippen LogP contribution in [0.25, 0.3) is 0 Å². The van der Waals surface area contributed by atoms with Crippen LogP contribution in [0, 0.1) is 0 Å². The Hall–Kier alpha value is 0.170. The third-order valence-electron chi connectivity index (χ3n) is 3.57. The predicted molar refractivity (Wildman–Crippen MR) is 69.1 cm³/mol. The molecule has 2 heterocycles. The minimum absolute atomic E-state index is 0. The summed E-state index contributed by atoms with van der Waals surface area (Å²) in [5, 5.41) is 3.51. The Morgan fingerprint density at radius 1 is 1.25 bits per heavy atom. The normalized spacial score (nSPS) is 32.4. The first-order chi connectivity index (χ1) is 7.29. The zero-order chi connectivity index (χ0) is 10.7. The van der Waals surface area contributed by atoms with Gasteiger partial charge in [-0.2, -0.15) is 0 Å². The molecule has 0 radical (unpaired) electrons. The maximum absolute atomic E-state index is 5.85. The van der Waals surface area contributed by atoms with Crippen molar-refractivity contribution in [1.82, 2.24) is 10.2 Å². The lowest BCUT2D eigenvalue weighted by Crippen LogP contribution is -2.57. The van der Waals surface area contributed by atoms with Gasteiger partial charge in [-0.3, -0.25) is 10.2 Å². The van der Waals surface area contributed by atoms with E-state index in [2.05, 4.69) is 24.1 Å². The van der Waals surface area contributed by atoms with Crippen molar-refractivity contribution in [2.45, 2.75) is 57.8 Å². The van der Waals surface area contributed by atoms with Crippen molar-refractivity contribution in [2.75, 3.05) is 19.7 Å². The number of nitrogens with zero attached hydrogens (tertiary/aromatic N) is 1. The van der Waals surface area contributed by atoms with E-state index in [0.717, 1.165) is 19.6 Å². The summed E-state index contributed by atoms with van der Waals surface area (Å²) in [5.74, 6) is 0. The van der Waals surface area contributed by atoms with Crippen molar-refractivity contribution >= 4 is 12.4 Å². The second kappa shape index (κ2) is 6.80. The highest BCUT2D eigenvalue weighted by Gasteiger charge is 2.32. The maximum Gasteiger partial charge on any atom is 0.123 e. The molecule has 2 aliphatic heterocycles. The van der Waals surface area contributed by atoms with Crippen LogP contribution in [0.4, 0.5) is 0 Å². The molecule has 0 amide bonds. The van der Waals surface area contributed by atoms with Gasteiger partial charge in [-0.1, -0.05) is 6.42 Å². The topological polar surface area (TPSA) is 24.5 Å². The van der Waals surface area contributed by atoms with Crippen LogP contribution in [-0.4, -0.2) is 42.9 Å². The molecule has 3 nitrogen and oxygen atoms in total. The summed E-state index contributed by atoms with van der Waals surface area (Å²) in [6.07, 6.45) is 5.43. The van der Waals surface area contributed by atoms with E-state index in [9.17, 15) is 0 Å². The van der Waals surface area contributed by atoms with Gasteiger partial charge in [0.1, 0.15) is 6.23 Å². The quantitative estimate of drug-likeness (QED) is 0.809. The molecule has 2 rings (SSSR count). The van der Waals surface area contributed by atoms with Gasteiger partial charge < -0.3 is 4.74 Å². The monoisotopic (exact) mass is 248 g/mol. The highest BCUT2D eigenvalue weighted by Crippen LogP contribution is 2.23. The highest BCUT2D eigenvalue weighted by molar-refractivity contribution is 5.85. The number of halogens is 1. The van der Waals surface area contributed by atoms with Crippen molar-refractivity contribution in [2.24, 2.45) is 0 Å². The second-order valence-corrected chi connectivity index (χ2v) is 4.99. The molecule has 0 aliphatic carbocycles. The van der Waals surface area contributed by atoms with Crippen LogP contribution in [0.1, 0.15) is 39.5 Å². The van der Waals surface area contributed by atoms with Crippen LogP contribution in [-0.2, 0) is 4.74 Å². The molecule has 2 atom stereocenters. The van der Waals surface area contributed by atoms with Crippen LogP contribution in [0.5, 0.6) is 0 Å². The molecule has 16 heavy (non-hydrogen) atoms. The van der Waals surface area contributed by atoms with E-state index < -0.39 is 0 Å². The van der Waals surface area contributed by atoms with E-state index in [1.807, 2.05) is 0 Å². The summed E-state index contributed by atoms with van der Waals surface area (Å²) < 4.78 is 5.85. The van der Waals surface area contributed by atoms with Gasteiger partial charge in [0, 0.05) is 18.7 Å². The molecule has 2 aliphatic rings. The van der Waals surface area contributed by atoms with Crippen LogP contribution in [0.2, 0.25) is 0 Å². The Labute approximate surface area is 105 Å². The zero-order valence-corrected chi connectivity index (χ0v) is 11.3. The molecule has 4 heteroatoms. The molecule has 0 aromatic rings. The van der Waals surface area contributed by atoms with Crippen molar-refractivity contribution in [3.05, 3.63) is 0 Å². The van der Waals surface area contributed by atoms with Crippen molar-refractivity contribution in [3.63, 3.8) is 0 Å². The smallest absolute Gasteiger partial charge is 0.123 e. The molecule has 0 saturated carbocycles. The lowest BCUT2D eigenvalue weighted by molar-refractivity contribution is -0.0730. The minimum Gasteiger partial charge on any atom is -0.362 e. The summed E-state index contributed by atoms with van der Waals surface area (Å²) in [4.78, 5) is 2.60. The Bertz CT molecular complexity index is 195. The molecule has 96 valence electrons. The van der Waals surface area contributed by atoms with Gasteiger partial charge in [0.15, 0.2) is 0 Å². The lowest BCUT2D eigenvalue weighted by Gasteiger charge is -2.43. The van der Waals surface area contributed by atoms with E-state index in [4.69, 9.17) is 4.74 Å². The fraction of sp³-hybridized carbons (Fsp3) is 1.00. The number of nitrogens with one attached hydrogen (secondary N) is 1. The molecular formula is C12H25ClN2O. The van der Waals surface area contributed by atoms with Gasteiger partial charge in [-0.05, 0) is 46.2 Å². The fourth-order valence-corrected chi connectivity index (χ4v) is 2.78. The van der Waals surface area contributed by atoms with Gasteiger partial charge in [-0.15, -0.1) is 12.4 Å².